The first-order valence-corrected chi connectivity index (χ1v) is 11.4. The van der Waals surface area contributed by atoms with Gasteiger partial charge in [0.15, 0.2) is 0 Å². The molecule has 0 heterocycles. The smallest absolute Gasteiger partial charge is 0.276 e. The van der Waals surface area contributed by atoms with Crippen LogP contribution < -0.4 is 10.1 Å². The number of benzene rings is 2. The Morgan fingerprint density at radius 3 is 2.25 bits per heavy atom. The van der Waals surface area contributed by atoms with Gasteiger partial charge < -0.3 is 5.32 Å². The minimum atomic E-state index is -3.73. The third kappa shape index (κ3) is 5.20. The minimum absolute atomic E-state index is 0.0675. The van der Waals surface area contributed by atoms with E-state index < -0.39 is 10.0 Å². The molecule has 1 aliphatic carbocycles. The highest BCUT2D eigenvalue weighted by Gasteiger charge is 2.22. The maximum absolute atomic E-state index is 12.3. The summed E-state index contributed by atoms with van der Waals surface area (Å²) in [5, 5.41) is 6.94. The first-order chi connectivity index (χ1) is 13.3. The Morgan fingerprint density at radius 2 is 1.64 bits per heavy atom. The monoisotopic (exact) mass is 463 g/mol. The lowest BCUT2D eigenvalue weighted by atomic mass is 10.1. The highest BCUT2D eigenvalue weighted by atomic mass is 79.9. The average molecular weight is 464 g/mol. The number of halogens is 1. The van der Waals surface area contributed by atoms with Crippen LogP contribution in [-0.2, 0) is 14.8 Å². The van der Waals surface area contributed by atoms with Crippen LogP contribution >= 0.6 is 15.9 Å². The van der Waals surface area contributed by atoms with Crippen molar-refractivity contribution < 1.29 is 13.2 Å². The van der Waals surface area contributed by atoms with E-state index in [1.807, 2.05) is 0 Å². The van der Waals surface area contributed by atoms with Gasteiger partial charge in [0.25, 0.3) is 10.0 Å². The number of amides is 1. The molecule has 0 unspecified atom stereocenters. The average Bonchev–Trinajstić information content (AvgIpc) is 3.22. The molecule has 3 rings (SSSR count). The highest BCUT2D eigenvalue weighted by molar-refractivity contribution is 9.10. The zero-order valence-electron chi connectivity index (χ0n) is 15.5. The molecular formula is C20H22BrN3O3S. The lowest BCUT2D eigenvalue weighted by Crippen LogP contribution is -2.20. The number of carbonyl (C=O) groups is 1. The fourth-order valence-corrected chi connectivity index (χ4v) is 4.21. The zero-order valence-corrected chi connectivity index (χ0v) is 17.9. The molecule has 8 heteroatoms. The largest absolute Gasteiger partial charge is 0.326 e. The molecule has 0 atom stereocenters. The summed E-state index contributed by atoms with van der Waals surface area (Å²) in [6.45, 7) is 1.72. The molecule has 0 aromatic heterocycles. The summed E-state index contributed by atoms with van der Waals surface area (Å²) in [6.07, 6.45) is 4.13. The molecule has 1 amide bonds. The van der Waals surface area contributed by atoms with E-state index in [0.717, 1.165) is 41.4 Å². The quantitative estimate of drug-likeness (QED) is 0.494. The van der Waals surface area contributed by atoms with Crippen molar-refractivity contribution in [2.75, 3.05) is 5.32 Å². The molecule has 0 aliphatic heterocycles. The van der Waals surface area contributed by atoms with Crippen LogP contribution in [0.3, 0.4) is 0 Å². The van der Waals surface area contributed by atoms with Gasteiger partial charge in [-0.2, -0.15) is 18.4 Å². The van der Waals surface area contributed by atoms with Crippen molar-refractivity contribution in [1.29, 1.82) is 0 Å². The number of hydrogen-bond acceptors (Lipinski definition) is 4. The third-order valence-electron chi connectivity index (χ3n) is 4.75. The van der Waals surface area contributed by atoms with E-state index in [4.69, 9.17) is 0 Å². The first kappa shape index (κ1) is 20.5. The fourth-order valence-electron chi connectivity index (χ4n) is 3.09. The van der Waals surface area contributed by atoms with Gasteiger partial charge in [0.1, 0.15) is 0 Å². The van der Waals surface area contributed by atoms with E-state index in [2.05, 4.69) is 31.2 Å². The number of sulfonamides is 1. The Labute approximate surface area is 173 Å². The van der Waals surface area contributed by atoms with Crippen LogP contribution in [0.15, 0.2) is 63.0 Å². The van der Waals surface area contributed by atoms with E-state index >= 15 is 0 Å². The summed E-state index contributed by atoms with van der Waals surface area (Å²) in [4.78, 5) is 14.6. The Hall–Kier alpha value is -2.19. The fraction of sp³-hybridized carbons (Fsp3) is 0.300. The van der Waals surface area contributed by atoms with Crippen molar-refractivity contribution in [2.45, 2.75) is 37.5 Å². The Bertz CT molecular complexity index is 965. The standard InChI is InChI=1S/C20H22BrN3O3S/c1-14(23-24-28(26,27)19-12-8-17(21)9-13-19)15-6-10-18(11-7-15)22-20(25)16-4-2-3-5-16/h6-13,16,24H,2-5H2,1H3,(H,22,25). The van der Waals surface area contributed by atoms with Crippen molar-refractivity contribution in [3.8, 4) is 0 Å². The van der Waals surface area contributed by atoms with E-state index in [-0.39, 0.29) is 16.7 Å². The summed E-state index contributed by atoms with van der Waals surface area (Å²) >= 11 is 3.28. The van der Waals surface area contributed by atoms with Crippen LogP contribution in [0.2, 0.25) is 0 Å². The number of hydrogen-bond donors (Lipinski definition) is 2. The second kappa shape index (κ2) is 8.87. The molecule has 1 saturated carbocycles. The molecule has 1 fully saturated rings. The number of nitrogens with one attached hydrogen (secondary N) is 2. The predicted molar refractivity (Wildman–Crippen MR) is 114 cm³/mol. The van der Waals surface area contributed by atoms with Crippen LogP contribution in [0.25, 0.3) is 0 Å². The zero-order chi connectivity index (χ0) is 20.1. The first-order valence-electron chi connectivity index (χ1n) is 9.08. The van der Waals surface area contributed by atoms with Gasteiger partial charge in [0.2, 0.25) is 5.91 Å². The van der Waals surface area contributed by atoms with Gasteiger partial charge >= 0.3 is 0 Å². The van der Waals surface area contributed by atoms with Gasteiger partial charge in [-0.15, -0.1) is 0 Å². The van der Waals surface area contributed by atoms with Crippen molar-refractivity contribution in [1.82, 2.24) is 4.83 Å². The molecule has 0 radical (unpaired) electrons. The molecule has 28 heavy (non-hydrogen) atoms. The van der Waals surface area contributed by atoms with E-state index in [1.165, 1.54) is 12.1 Å². The number of hydrazone groups is 1. The van der Waals surface area contributed by atoms with Gasteiger partial charge in [0.05, 0.1) is 10.6 Å². The summed E-state index contributed by atoms with van der Waals surface area (Å²) in [7, 11) is -3.73. The minimum Gasteiger partial charge on any atom is -0.326 e. The van der Waals surface area contributed by atoms with Crippen molar-refractivity contribution >= 4 is 43.3 Å². The predicted octanol–water partition coefficient (Wildman–Crippen LogP) is 4.28. The Kier molecular flexibility index (Phi) is 6.51. The van der Waals surface area contributed by atoms with Crippen LogP contribution in [0.5, 0.6) is 0 Å². The van der Waals surface area contributed by atoms with Gasteiger partial charge in [-0.3, -0.25) is 4.79 Å². The summed E-state index contributed by atoms with van der Waals surface area (Å²) in [5.74, 6) is 0.175. The van der Waals surface area contributed by atoms with E-state index in [0.29, 0.717) is 5.71 Å². The molecule has 0 saturated heterocycles. The van der Waals surface area contributed by atoms with Gasteiger partial charge in [-0.1, -0.05) is 40.9 Å². The number of rotatable bonds is 6. The molecule has 0 spiro atoms. The number of nitrogens with zero attached hydrogens (tertiary/aromatic N) is 1. The maximum Gasteiger partial charge on any atom is 0.276 e. The molecule has 2 aromatic carbocycles. The van der Waals surface area contributed by atoms with Gasteiger partial charge in [0, 0.05) is 16.1 Å². The van der Waals surface area contributed by atoms with Crippen LogP contribution in [0, 0.1) is 5.92 Å². The normalized spacial score (nSPS) is 15.4. The second-order valence-corrected chi connectivity index (χ2v) is 9.37. The van der Waals surface area contributed by atoms with E-state index in [9.17, 15) is 13.2 Å². The molecule has 148 valence electrons. The lowest BCUT2D eigenvalue weighted by molar-refractivity contribution is -0.119. The SMILES string of the molecule is CC(=NNS(=O)(=O)c1ccc(Br)cc1)c1ccc(NC(=O)C2CCCC2)cc1. The topological polar surface area (TPSA) is 87.6 Å². The molecule has 6 nitrogen and oxygen atoms in total. The molecule has 0 bridgehead atoms. The molecule has 2 N–H and O–H groups in total. The highest BCUT2D eigenvalue weighted by Crippen LogP contribution is 2.26. The van der Waals surface area contributed by atoms with Crippen molar-refractivity contribution in [2.24, 2.45) is 11.0 Å². The van der Waals surface area contributed by atoms with Crippen molar-refractivity contribution in [3.63, 3.8) is 0 Å². The van der Waals surface area contributed by atoms with Crippen LogP contribution in [0.4, 0.5) is 5.69 Å². The molecule has 1 aliphatic rings. The van der Waals surface area contributed by atoms with Crippen LogP contribution in [-0.4, -0.2) is 20.0 Å². The molecule has 2 aromatic rings. The van der Waals surface area contributed by atoms with E-state index in [1.54, 1.807) is 43.3 Å². The second-order valence-electron chi connectivity index (χ2n) is 6.79. The lowest BCUT2D eigenvalue weighted by Gasteiger charge is -2.11. The number of carbonyl (C=O) groups excluding carboxylic acids is 1. The third-order valence-corrected chi connectivity index (χ3v) is 6.51. The Balaban J connectivity index is 1.64. The summed E-state index contributed by atoms with van der Waals surface area (Å²) < 4.78 is 25.4. The van der Waals surface area contributed by atoms with Crippen LogP contribution in [0.1, 0.15) is 38.2 Å². The van der Waals surface area contributed by atoms with Crippen molar-refractivity contribution in [3.05, 3.63) is 58.6 Å². The maximum atomic E-state index is 12.3. The summed E-state index contributed by atoms with van der Waals surface area (Å²) in [5.41, 5.74) is 2.01. The molecular weight excluding hydrogens is 442 g/mol. The number of anilines is 1. The Morgan fingerprint density at radius 1 is 1.04 bits per heavy atom. The van der Waals surface area contributed by atoms with Gasteiger partial charge in [-0.25, -0.2) is 0 Å². The van der Waals surface area contributed by atoms with Gasteiger partial charge in [-0.05, 0) is 61.7 Å². The summed E-state index contributed by atoms with van der Waals surface area (Å²) in [6, 6.07) is 13.5.